The summed E-state index contributed by atoms with van der Waals surface area (Å²) >= 11 is 4.78. The van der Waals surface area contributed by atoms with Crippen LogP contribution >= 0.6 is 27.3 Å². The molecule has 6 nitrogen and oxygen atoms in total. The van der Waals surface area contributed by atoms with E-state index < -0.39 is 17.8 Å². The second kappa shape index (κ2) is 7.20. The summed E-state index contributed by atoms with van der Waals surface area (Å²) in [5.74, 6) is -0.957. The Morgan fingerprint density at radius 3 is 2.60 bits per heavy atom. The molecule has 0 unspecified atom stereocenters. The molecule has 2 heterocycles. The SMILES string of the molecule is Cc1ccc(NC(=O)CN2C(=O)N/C(=C\c3ccc(Br)s3)C2=O)cc1. The first kappa shape index (κ1) is 17.4. The van der Waals surface area contributed by atoms with E-state index in [0.717, 1.165) is 19.1 Å². The Balaban J connectivity index is 1.67. The van der Waals surface area contributed by atoms with Crippen LogP contribution in [0.1, 0.15) is 10.4 Å². The number of imide groups is 1. The molecule has 4 amide bonds. The third-order valence-electron chi connectivity index (χ3n) is 3.48. The maximum atomic E-state index is 12.3. The fraction of sp³-hybridized carbons (Fsp3) is 0.118. The van der Waals surface area contributed by atoms with Gasteiger partial charge in [0.2, 0.25) is 5.91 Å². The molecule has 0 atom stereocenters. The van der Waals surface area contributed by atoms with Crippen molar-refractivity contribution in [2.24, 2.45) is 0 Å². The monoisotopic (exact) mass is 419 g/mol. The number of carbonyl (C=O) groups excluding carboxylic acids is 3. The van der Waals surface area contributed by atoms with Crippen molar-refractivity contribution in [2.75, 3.05) is 11.9 Å². The van der Waals surface area contributed by atoms with Gasteiger partial charge in [-0.05, 0) is 53.2 Å². The first-order valence-electron chi connectivity index (χ1n) is 7.39. The maximum Gasteiger partial charge on any atom is 0.329 e. The van der Waals surface area contributed by atoms with Gasteiger partial charge in [0.25, 0.3) is 5.91 Å². The molecule has 1 fully saturated rings. The minimum atomic E-state index is -0.606. The van der Waals surface area contributed by atoms with Gasteiger partial charge < -0.3 is 10.6 Å². The van der Waals surface area contributed by atoms with Crippen molar-refractivity contribution < 1.29 is 14.4 Å². The first-order valence-corrected chi connectivity index (χ1v) is 9.00. The number of aryl methyl sites for hydroxylation is 1. The summed E-state index contributed by atoms with van der Waals surface area (Å²) in [6.45, 7) is 1.60. The highest BCUT2D eigenvalue weighted by Crippen LogP contribution is 2.25. The van der Waals surface area contributed by atoms with Gasteiger partial charge in [-0.15, -0.1) is 11.3 Å². The van der Waals surface area contributed by atoms with Crippen molar-refractivity contribution in [3.63, 3.8) is 0 Å². The van der Waals surface area contributed by atoms with Gasteiger partial charge in [-0.25, -0.2) is 9.69 Å². The second-order valence-corrected chi connectivity index (χ2v) is 7.93. The number of urea groups is 1. The van der Waals surface area contributed by atoms with Gasteiger partial charge in [-0.1, -0.05) is 17.7 Å². The predicted octanol–water partition coefficient (Wildman–Crippen LogP) is 3.35. The lowest BCUT2D eigenvalue weighted by molar-refractivity contribution is -0.127. The Kier molecular flexibility index (Phi) is 5.00. The Morgan fingerprint density at radius 2 is 1.96 bits per heavy atom. The number of rotatable bonds is 4. The molecule has 8 heteroatoms. The Morgan fingerprint density at radius 1 is 1.24 bits per heavy atom. The minimum Gasteiger partial charge on any atom is -0.325 e. The van der Waals surface area contributed by atoms with Crippen molar-refractivity contribution in [1.82, 2.24) is 10.2 Å². The van der Waals surface area contributed by atoms with E-state index in [2.05, 4.69) is 26.6 Å². The summed E-state index contributed by atoms with van der Waals surface area (Å²) in [5.41, 5.74) is 1.84. The molecule has 128 valence electrons. The topological polar surface area (TPSA) is 78.5 Å². The lowest BCUT2D eigenvalue weighted by atomic mass is 10.2. The van der Waals surface area contributed by atoms with Crippen molar-refractivity contribution >= 4 is 56.9 Å². The van der Waals surface area contributed by atoms with Gasteiger partial charge in [-0.3, -0.25) is 9.59 Å². The van der Waals surface area contributed by atoms with E-state index in [1.807, 2.05) is 31.2 Å². The highest BCUT2D eigenvalue weighted by Gasteiger charge is 2.34. The zero-order valence-electron chi connectivity index (χ0n) is 13.2. The van der Waals surface area contributed by atoms with Gasteiger partial charge in [0, 0.05) is 10.6 Å². The Bertz CT molecular complexity index is 874. The van der Waals surface area contributed by atoms with E-state index in [-0.39, 0.29) is 12.2 Å². The van der Waals surface area contributed by atoms with Crippen LogP contribution in [0.2, 0.25) is 0 Å². The number of halogens is 1. The maximum absolute atomic E-state index is 12.3. The third-order valence-corrected chi connectivity index (χ3v) is 5.05. The first-order chi connectivity index (χ1) is 11.9. The zero-order chi connectivity index (χ0) is 18.0. The normalized spacial score (nSPS) is 15.6. The number of hydrogen-bond donors (Lipinski definition) is 2. The summed E-state index contributed by atoms with van der Waals surface area (Å²) in [6.07, 6.45) is 1.59. The van der Waals surface area contributed by atoms with Crippen LogP contribution < -0.4 is 10.6 Å². The lowest BCUT2D eigenvalue weighted by Crippen LogP contribution is -2.38. The van der Waals surface area contributed by atoms with E-state index in [1.54, 1.807) is 18.2 Å². The van der Waals surface area contributed by atoms with Crippen LogP contribution in [0.5, 0.6) is 0 Å². The van der Waals surface area contributed by atoms with Crippen LogP contribution in [0.4, 0.5) is 10.5 Å². The van der Waals surface area contributed by atoms with Crippen molar-refractivity contribution in [2.45, 2.75) is 6.92 Å². The van der Waals surface area contributed by atoms with Gasteiger partial charge in [-0.2, -0.15) is 0 Å². The van der Waals surface area contributed by atoms with Crippen LogP contribution in [0, 0.1) is 6.92 Å². The zero-order valence-corrected chi connectivity index (χ0v) is 15.6. The van der Waals surface area contributed by atoms with Crippen LogP contribution in [0.3, 0.4) is 0 Å². The lowest BCUT2D eigenvalue weighted by Gasteiger charge is -2.12. The number of hydrogen-bond acceptors (Lipinski definition) is 4. The van der Waals surface area contributed by atoms with Gasteiger partial charge in [0.15, 0.2) is 0 Å². The second-order valence-electron chi connectivity index (χ2n) is 5.44. The van der Waals surface area contributed by atoms with E-state index in [1.165, 1.54) is 11.3 Å². The summed E-state index contributed by atoms with van der Waals surface area (Å²) in [7, 11) is 0. The molecule has 3 rings (SSSR count). The number of benzene rings is 1. The fourth-order valence-electron chi connectivity index (χ4n) is 2.24. The molecule has 25 heavy (non-hydrogen) atoms. The van der Waals surface area contributed by atoms with Crippen LogP contribution in [-0.2, 0) is 9.59 Å². The van der Waals surface area contributed by atoms with Crippen molar-refractivity contribution in [1.29, 1.82) is 0 Å². The smallest absolute Gasteiger partial charge is 0.325 e. The molecule has 2 aromatic rings. The number of nitrogens with zero attached hydrogens (tertiary/aromatic N) is 1. The largest absolute Gasteiger partial charge is 0.329 e. The Labute approximate surface area is 156 Å². The standard InChI is InChI=1S/C17H14BrN3O3S/c1-10-2-4-11(5-3-10)19-15(22)9-21-16(23)13(20-17(21)24)8-12-6-7-14(18)25-12/h2-8H,9H2,1H3,(H,19,22)(H,20,24)/b13-8-. The number of nitrogens with one attached hydrogen (secondary N) is 2. The molecule has 1 aromatic carbocycles. The summed E-state index contributed by atoms with van der Waals surface area (Å²) in [4.78, 5) is 38.1. The van der Waals surface area contributed by atoms with E-state index in [0.29, 0.717) is 5.69 Å². The number of thiophene rings is 1. The minimum absolute atomic E-state index is 0.155. The van der Waals surface area contributed by atoms with Crippen LogP contribution in [0.15, 0.2) is 45.9 Å². The molecular formula is C17H14BrN3O3S. The Hall–Kier alpha value is -2.45. The molecular weight excluding hydrogens is 406 g/mol. The molecule has 0 aliphatic carbocycles. The fourth-order valence-corrected chi connectivity index (χ4v) is 3.61. The third kappa shape index (κ3) is 4.15. The summed E-state index contributed by atoms with van der Waals surface area (Å²) in [5, 5.41) is 5.17. The van der Waals surface area contributed by atoms with Gasteiger partial charge in [0.1, 0.15) is 12.2 Å². The number of amides is 4. The summed E-state index contributed by atoms with van der Waals surface area (Å²) < 4.78 is 0.922. The predicted molar refractivity (Wildman–Crippen MR) is 100 cm³/mol. The summed E-state index contributed by atoms with van der Waals surface area (Å²) in [6, 6.07) is 10.3. The average molecular weight is 420 g/mol. The van der Waals surface area contributed by atoms with Crippen molar-refractivity contribution in [3.05, 3.63) is 56.3 Å². The molecule has 0 radical (unpaired) electrons. The highest BCUT2D eigenvalue weighted by molar-refractivity contribution is 9.11. The van der Waals surface area contributed by atoms with Crippen LogP contribution in [0.25, 0.3) is 6.08 Å². The quantitative estimate of drug-likeness (QED) is 0.588. The molecule has 1 aromatic heterocycles. The molecule has 0 spiro atoms. The average Bonchev–Trinajstić information content (AvgIpc) is 3.08. The molecule has 0 bridgehead atoms. The van der Waals surface area contributed by atoms with Gasteiger partial charge >= 0.3 is 6.03 Å². The van der Waals surface area contributed by atoms with E-state index >= 15 is 0 Å². The van der Waals surface area contributed by atoms with Gasteiger partial charge in [0.05, 0.1) is 3.79 Å². The molecule has 0 saturated carbocycles. The van der Waals surface area contributed by atoms with E-state index in [4.69, 9.17) is 0 Å². The molecule has 2 N–H and O–H groups in total. The number of carbonyl (C=O) groups is 3. The van der Waals surface area contributed by atoms with Crippen molar-refractivity contribution in [3.8, 4) is 0 Å². The van der Waals surface area contributed by atoms with Crippen LogP contribution in [-0.4, -0.2) is 29.3 Å². The molecule has 1 aliphatic rings. The number of anilines is 1. The highest BCUT2D eigenvalue weighted by atomic mass is 79.9. The molecule has 1 aliphatic heterocycles. The van der Waals surface area contributed by atoms with E-state index in [9.17, 15) is 14.4 Å². The molecule has 1 saturated heterocycles.